The van der Waals surface area contributed by atoms with Crippen LogP contribution in [0.25, 0.3) is 0 Å². The summed E-state index contributed by atoms with van der Waals surface area (Å²) >= 11 is 0. The molecular weight excluding hydrogens is 298 g/mol. The zero-order valence-electron chi connectivity index (χ0n) is 15.3. The summed E-state index contributed by atoms with van der Waals surface area (Å²) in [5.74, 6) is 0.143. The van der Waals surface area contributed by atoms with E-state index in [1.807, 2.05) is 6.92 Å². The second kappa shape index (κ2) is 7.52. The number of hydrogen-bond donors (Lipinski definition) is 2. The Labute approximate surface area is 146 Å². The fraction of sp³-hybridized carbons (Fsp3) is 0.571. The molecule has 132 valence electrons. The van der Waals surface area contributed by atoms with Crippen LogP contribution in [0, 0.1) is 11.3 Å². The van der Waals surface area contributed by atoms with Gasteiger partial charge in [-0.15, -0.1) is 0 Å². The molecule has 2 unspecified atom stereocenters. The second-order valence-corrected chi connectivity index (χ2v) is 7.91. The van der Waals surface area contributed by atoms with Gasteiger partial charge in [0.25, 0.3) is 0 Å². The Balaban J connectivity index is 2.26. The third kappa shape index (κ3) is 4.07. The molecule has 2 N–H and O–H groups in total. The van der Waals surface area contributed by atoms with Gasteiger partial charge in [-0.1, -0.05) is 44.7 Å². The monoisotopic (exact) mass is 329 g/mol. The van der Waals surface area contributed by atoms with Crippen molar-refractivity contribution in [1.82, 2.24) is 5.32 Å². The van der Waals surface area contributed by atoms with E-state index >= 15 is 0 Å². The topological polar surface area (TPSA) is 49.3 Å². The summed E-state index contributed by atoms with van der Waals surface area (Å²) in [7, 11) is 0. The van der Waals surface area contributed by atoms with E-state index in [4.69, 9.17) is 0 Å². The Bertz CT molecular complexity index is 595. The molecule has 1 heterocycles. The zero-order valence-corrected chi connectivity index (χ0v) is 15.3. The van der Waals surface area contributed by atoms with Gasteiger partial charge >= 0.3 is 0 Å². The van der Waals surface area contributed by atoms with Gasteiger partial charge in [0.15, 0.2) is 5.78 Å². The van der Waals surface area contributed by atoms with Crippen molar-refractivity contribution in [2.75, 3.05) is 6.54 Å². The summed E-state index contributed by atoms with van der Waals surface area (Å²) in [4.78, 5) is 13.0. The highest BCUT2D eigenvalue weighted by Gasteiger charge is 2.37. The van der Waals surface area contributed by atoms with Gasteiger partial charge in [0.2, 0.25) is 0 Å². The van der Waals surface area contributed by atoms with Crippen LogP contribution in [0.15, 0.2) is 47.8 Å². The van der Waals surface area contributed by atoms with Gasteiger partial charge in [0.05, 0.1) is 0 Å². The number of Topliss-reactive ketones (excluding diaryl/α,β-unsaturated/α-hetero) is 1. The molecule has 0 spiro atoms. The minimum atomic E-state index is -0.637. The highest BCUT2D eigenvalue weighted by molar-refractivity contribution is 6.01. The Morgan fingerprint density at radius 3 is 2.75 bits per heavy atom. The average molecular weight is 329 g/mol. The number of aliphatic hydroxyl groups is 1. The summed E-state index contributed by atoms with van der Waals surface area (Å²) in [6.45, 7) is 15.3. The van der Waals surface area contributed by atoms with Gasteiger partial charge in [-0.2, -0.15) is 0 Å². The molecule has 0 aromatic heterocycles. The number of rotatable bonds is 3. The number of carbonyl (C=O) groups is 1. The summed E-state index contributed by atoms with van der Waals surface area (Å²) in [6, 6.07) is -0.637. The van der Waals surface area contributed by atoms with Crippen LogP contribution in [0.3, 0.4) is 0 Å². The third-order valence-corrected chi connectivity index (χ3v) is 5.41. The van der Waals surface area contributed by atoms with Crippen molar-refractivity contribution in [1.29, 1.82) is 0 Å². The molecule has 0 amide bonds. The molecule has 1 aliphatic heterocycles. The standard InChI is InChI=1S/C21H31NO2/c1-14-9-7-6-8-10-17(21(4,5)13-14)16(3)20(24)18-19(23)15(2)11-12-22-18/h6,8,17-18,22-23H,1,3,7,9-13H2,2,4-5H3/b8-6-. The smallest absolute Gasteiger partial charge is 0.183 e. The van der Waals surface area contributed by atoms with Crippen molar-refractivity contribution in [3.63, 3.8) is 0 Å². The van der Waals surface area contributed by atoms with E-state index in [-0.39, 0.29) is 22.9 Å². The second-order valence-electron chi connectivity index (χ2n) is 7.91. The molecule has 0 bridgehead atoms. The maximum atomic E-state index is 13.0. The van der Waals surface area contributed by atoms with Gasteiger partial charge in [-0.25, -0.2) is 0 Å². The lowest BCUT2D eigenvalue weighted by atomic mass is 9.68. The summed E-state index contributed by atoms with van der Waals surface area (Å²) in [5, 5.41) is 13.4. The quantitative estimate of drug-likeness (QED) is 0.586. The van der Waals surface area contributed by atoms with Crippen molar-refractivity contribution < 1.29 is 9.90 Å². The van der Waals surface area contributed by atoms with Gasteiger partial charge in [-0.3, -0.25) is 4.79 Å². The first-order valence-corrected chi connectivity index (χ1v) is 8.90. The molecule has 24 heavy (non-hydrogen) atoms. The summed E-state index contributed by atoms with van der Waals surface area (Å²) in [5.41, 5.74) is 2.65. The number of allylic oxidation sites excluding steroid dienone is 3. The fourth-order valence-corrected chi connectivity index (χ4v) is 3.88. The number of ketones is 1. The van der Waals surface area contributed by atoms with Crippen molar-refractivity contribution in [2.45, 2.75) is 58.9 Å². The number of carbonyl (C=O) groups excluding carboxylic acids is 1. The van der Waals surface area contributed by atoms with E-state index < -0.39 is 6.04 Å². The molecule has 2 rings (SSSR count). The van der Waals surface area contributed by atoms with Crippen LogP contribution in [0.4, 0.5) is 0 Å². The van der Waals surface area contributed by atoms with Crippen LogP contribution in [0.5, 0.6) is 0 Å². The van der Waals surface area contributed by atoms with Gasteiger partial charge in [0.1, 0.15) is 11.8 Å². The van der Waals surface area contributed by atoms with Crippen LogP contribution in [0.1, 0.15) is 52.9 Å². The van der Waals surface area contributed by atoms with Gasteiger partial charge in [0, 0.05) is 6.54 Å². The maximum absolute atomic E-state index is 13.0. The molecule has 3 nitrogen and oxygen atoms in total. The molecule has 3 heteroatoms. The van der Waals surface area contributed by atoms with Crippen molar-refractivity contribution in [3.05, 3.63) is 47.8 Å². The summed E-state index contributed by atoms with van der Waals surface area (Å²) < 4.78 is 0. The lowest BCUT2D eigenvalue weighted by molar-refractivity contribution is -0.118. The first-order valence-electron chi connectivity index (χ1n) is 8.90. The predicted octanol–water partition coefficient (Wildman–Crippen LogP) is 4.63. The van der Waals surface area contributed by atoms with Crippen LogP contribution in [-0.2, 0) is 4.79 Å². The predicted molar refractivity (Wildman–Crippen MR) is 99.9 cm³/mol. The van der Waals surface area contributed by atoms with E-state index in [2.05, 4.69) is 44.5 Å². The molecule has 2 aliphatic rings. The number of aliphatic hydroxyl groups excluding tert-OH is 1. The maximum Gasteiger partial charge on any atom is 0.183 e. The van der Waals surface area contributed by atoms with Crippen LogP contribution >= 0.6 is 0 Å². The first-order chi connectivity index (χ1) is 11.2. The SMILES string of the molecule is C=C1CC/C=C\CC(C(=C)C(=O)C2NCCC(C)=C2O)C(C)(C)C1. The zero-order chi connectivity index (χ0) is 17.9. The molecule has 0 fully saturated rings. The Morgan fingerprint density at radius 2 is 2.04 bits per heavy atom. The minimum Gasteiger partial charge on any atom is -0.510 e. The first kappa shape index (κ1) is 18.7. The normalized spacial score (nSPS) is 29.4. The molecule has 0 saturated carbocycles. The van der Waals surface area contributed by atoms with Crippen LogP contribution in [0.2, 0.25) is 0 Å². The van der Waals surface area contributed by atoms with Gasteiger partial charge in [-0.05, 0) is 61.5 Å². The molecule has 2 atom stereocenters. The van der Waals surface area contributed by atoms with Crippen LogP contribution in [-0.4, -0.2) is 23.5 Å². The number of hydrogen-bond acceptors (Lipinski definition) is 3. The van der Waals surface area contributed by atoms with Crippen molar-refractivity contribution in [3.8, 4) is 0 Å². The van der Waals surface area contributed by atoms with E-state index in [1.54, 1.807) is 0 Å². The Morgan fingerprint density at radius 1 is 1.33 bits per heavy atom. The van der Waals surface area contributed by atoms with E-state index in [1.165, 1.54) is 5.57 Å². The molecule has 0 aromatic rings. The van der Waals surface area contributed by atoms with Crippen LogP contribution < -0.4 is 5.32 Å². The van der Waals surface area contributed by atoms with E-state index in [0.717, 1.165) is 37.7 Å². The summed E-state index contributed by atoms with van der Waals surface area (Å²) in [6.07, 6.45) is 8.83. The number of nitrogens with one attached hydrogen (secondary N) is 1. The third-order valence-electron chi connectivity index (χ3n) is 5.41. The lowest BCUT2D eigenvalue weighted by Crippen LogP contribution is -2.45. The average Bonchev–Trinajstić information content (AvgIpc) is 2.57. The molecular formula is C21H31NO2. The molecule has 0 aromatic carbocycles. The van der Waals surface area contributed by atoms with Crippen molar-refractivity contribution >= 4 is 5.78 Å². The fourth-order valence-electron chi connectivity index (χ4n) is 3.88. The van der Waals surface area contributed by atoms with Gasteiger partial charge < -0.3 is 10.4 Å². The van der Waals surface area contributed by atoms with E-state index in [9.17, 15) is 9.90 Å². The highest BCUT2D eigenvalue weighted by Crippen LogP contribution is 2.42. The largest absolute Gasteiger partial charge is 0.510 e. The Kier molecular flexibility index (Phi) is 5.87. The lowest BCUT2D eigenvalue weighted by Gasteiger charge is -2.36. The molecule has 0 radical (unpaired) electrons. The van der Waals surface area contributed by atoms with Crippen molar-refractivity contribution in [2.24, 2.45) is 11.3 Å². The Hall–Kier alpha value is -1.61. The molecule has 1 aliphatic carbocycles. The highest BCUT2D eigenvalue weighted by atomic mass is 16.3. The van der Waals surface area contributed by atoms with E-state index in [0.29, 0.717) is 12.1 Å². The minimum absolute atomic E-state index is 0.0490. The molecule has 0 saturated heterocycles.